The molecule has 3 nitrogen and oxygen atoms in total. The molecule has 1 fully saturated rings. The number of pyridine rings is 1. The highest BCUT2D eigenvalue weighted by Crippen LogP contribution is 2.31. The maximum atomic E-state index is 9.61. The van der Waals surface area contributed by atoms with Gasteiger partial charge in [0.25, 0.3) is 0 Å². The maximum absolute atomic E-state index is 9.61. The van der Waals surface area contributed by atoms with Crippen LogP contribution < -0.4 is 4.90 Å². The highest BCUT2D eigenvalue weighted by molar-refractivity contribution is 9.10. The number of β-amino-alcohol motifs (C(OH)–C–C–N with tert-alkyl or cyclic N) is 1. The van der Waals surface area contributed by atoms with E-state index < -0.39 is 5.60 Å². The van der Waals surface area contributed by atoms with Crippen molar-refractivity contribution >= 4 is 21.7 Å². The molecule has 0 atom stereocenters. The molecule has 1 saturated heterocycles. The predicted octanol–water partition coefficient (Wildman–Crippen LogP) is 1.72. The van der Waals surface area contributed by atoms with Crippen LogP contribution in [0, 0.1) is 6.92 Å². The summed E-state index contributed by atoms with van der Waals surface area (Å²) in [6.45, 7) is 5.16. The van der Waals surface area contributed by atoms with Crippen LogP contribution in [-0.2, 0) is 0 Å². The van der Waals surface area contributed by atoms with E-state index in [4.69, 9.17) is 0 Å². The number of hydrogen-bond donors (Lipinski definition) is 1. The largest absolute Gasteiger partial charge is 0.386 e. The molecule has 0 saturated carbocycles. The third-order valence-electron chi connectivity index (χ3n) is 2.32. The molecule has 76 valence electrons. The summed E-state index contributed by atoms with van der Waals surface area (Å²) >= 11 is 3.47. The third-order valence-corrected chi connectivity index (χ3v) is 2.90. The van der Waals surface area contributed by atoms with Gasteiger partial charge in [-0.2, -0.15) is 0 Å². The van der Waals surface area contributed by atoms with E-state index in [-0.39, 0.29) is 0 Å². The van der Waals surface area contributed by atoms with E-state index in [1.807, 2.05) is 26.1 Å². The van der Waals surface area contributed by atoms with E-state index in [9.17, 15) is 5.11 Å². The van der Waals surface area contributed by atoms with Crippen molar-refractivity contribution in [2.75, 3.05) is 18.0 Å². The van der Waals surface area contributed by atoms with E-state index in [1.165, 1.54) is 0 Å². The van der Waals surface area contributed by atoms with Gasteiger partial charge < -0.3 is 10.0 Å². The van der Waals surface area contributed by atoms with E-state index in [2.05, 4.69) is 25.8 Å². The molecule has 2 rings (SSSR count). The average molecular weight is 257 g/mol. The van der Waals surface area contributed by atoms with Crippen LogP contribution in [0.2, 0.25) is 0 Å². The Morgan fingerprint density at radius 3 is 2.71 bits per heavy atom. The van der Waals surface area contributed by atoms with Gasteiger partial charge in [0.15, 0.2) is 0 Å². The molecule has 0 aliphatic carbocycles. The lowest BCUT2D eigenvalue weighted by molar-refractivity contribution is 0.0304. The van der Waals surface area contributed by atoms with Crippen molar-refractivity contribution in [1.29, 1.82) is 0 Å². The Balaban J connectivity index is 2.19. The zero-order valence-electron chi connectivity index (χ0n) is 8.29. The topological polar surface area (TPSA) is 36.4 Å². The maximum Gasteiger partial charge on any atom is 0.143 e. The van der Waals surface area contributed by atoms with Gasteiger partial charge >= 0.3 is 0 Å². The molecule has 1 aliphatic heterocycles. The highest BCUT2D eigenvalue weighted by Gasteiger charge is 2.37. The van der Waals surface area contributed by atoms with Crippen LogP contribution in [0.4, 0.5) is 5.82 Å². The molecular formula is C10H13BrN2O. The molecule has 1 aromatic rings. The Kier molecular flexibility index (Phi) is 2.27. The quantitative estimate of drug-likeness (QED) is 0.832. The van der Waals surface area contributed by atoms with Gasteiger partial charge in [0.05, 0.1) is 10.1 Å². The second kappa shape index (κ2) is 3.21. The number of aromatic nitrogens is 1. The van der Waals surface area contributed by atoms with Gasteiger partial charge in [0, 0.05) is 19.3 Å². The molecule has 0 radical (unpaired) electrons. The SMILES string of the molecule is Cc1cnc(N2CC(C)(O)C2)c(Br)c1. The van der Waals surface area contributed by atoms with Gasteiger partial charge in [-0.15, -0.1) is 0 Å². The van der Waals surface area contributed by atoms with Gasteiger partial charge in [-0.3, -0.25) is 0 Å². The van der Waals surface area contributed by atoms with Crippen LogP contribution >= 0.6 is 15.9 Å². The summed E-state index contributed by atoms with van der Waals surface area (Å²) in [6, 6.07) is 2.04. The Labute approximate surface area is 91.9 Å². The lowest BCUT2D eigenvalue weighted by atomic mass is 9.97. The van der Waals surface area contributed by atoms with E-state index >= 15 is 0 Å². The van der Waals surface area contributed by atoms with Crippen molar-refractivity contribution in [1.82, 2.24) is 4.98 Å². The van der Waals surface area contributed by atoms with Crippen LogP contribution in [-0.4, -0.2) is 28.8 Å². The van der Waals surface area contributed by atoms with Crippen molar-refractivity contribution < 1.29 is 5.11 Å². The van der Waals surface area contributed by atoms with Crippen LogP contribution in [0.25, 0.3) is 0 Å². The Bertz CT molecular complexity index is 357. The van der Waals surface area contributed by atoms with Crippen LogP contribution in [0.3, 0.4) is 0 Å². The number of halogens is 1. The third kappa shape index (κ3) is 1.77. The molecule has 0 amide bonds. The van der Waals surface area contributed by atoms with Crippen molar-refractivity contribution in [2.24, 2.45) is 0 Å². The van der Waals surface area contributed by atoms with Gasteiger partial charge in [-0.25, -0.2) is 4.98 Å². The molecule has 1 aromatic heterocycles. The first kappa shape index (κ1) is 9.93. The van der Waals surface area contributed by atoms with E-state index in [0.29, 0.717) is 13.1 Å². The molecule has 0 spiro atoms. The van der Waals surface area contributed by atoms with Crippen molar-refractivity contribution in [3.05, 3.63) is 22.3 Å². The van der Waals surface area contributed by atoms with Crippen LogP contribution in [0.1, 0.15) is 12.5 Å². The van der Waals surface area contributed by atoms with Crippen molar-refractivity contribution in [3.8, 4) is 0 Å². The minimum atomic E-state index is -0.550. The van der Waals surface area contributed by atoms with Gasteiger partial charge in [0.2, 0.25) is 0 Å². The first-order chi connectivity index (χ1) is 6.48. The van der Waals surface area contributed by atoms with E-state index in [0.717, 1.165) is 15.9 Å². The molecular weight excluding hydrogens is 244 g/mol. The summed E-state index contributed by atoms with van der Waals surface area (Å²) in [6.07, 6.45) is 1.84. The summed E-state index contributed by atoms with van der Waals surface area (Å²) in [5.41, 5.74) is 0.583. The van der Waals surface area contributed by atoms with Crippen LogP contribution in [0.5, 0.6) is 0 Å². The monoisotopic (exact) mass is 256 g/mol. The van der Waals surface area contributed by atoms with Gasteiger partial charge in [-0.1, -0.05) is 0 Å². The zero-order valence-corrected chi connectivity index (χ0v) is 9.87. The van der Waals surface area contributed by atoms with Crippen LogP contribution in [0.15, 0.2) is 16.7 Å². The predicted molar refractivity (Wildman–Crippen MR) is 59.5 cm³/mol. The average Bonchev–Trinajstić information content (AvgIpc) is 2.00. The fourth-order valence-corrected chi connectivity index (χ4v) is 2.40. The second-order valence-electron chi connectivity index (χ2n) is 4.17. The van der Waals surface area contributed by atoms with Crippen molar-refractivity contribution in [3.63, 3.8) is 0 Å². The summed E-state index contributed by atoms with van der Waals surface area (Å²) in [5.74, 6) is 0.919. The van der Waals surface area contributed by atoms with Gasteiger partial charge in [-0.05, 0) is 41.4 Å². The number of nitrogens with zero attached hydrogens (tertiary/aromatic N) is 2. The fourth-order valence-electron chi connectivity index (χ4n) is 1.68. The summed E-state index contributed by atoms with van der Waals surface area (Å²) in [4.78, 5) is 6.39. The minimum absolute atomic E-state index is 0.550. The second-order valence-corrected chi connectivity index (χ2v) is 5.03. The molecule has 0 aromatic carbocycles. The Hall–Kier alpha value is -0.610. The Morgan fingerprint density at radius 1 is 1.57 bits per heavy atom. The normalized spacial score (nSPS) is 19.3. The zero-order chi connectivity index (χ0) is 10.3. The first-order valence-electron chi connectivity index (χ1n) is 4.57. The highest BCUT2D eigenvalue weighted by atomic mass is 79.9. The summed E-state index contributed by atoms with van der Waals surface area (Å²) < 4.78 is 0.994. The van der Waals surface area contributed by atoms with Gasteiger partial charge in [0.1, 0.15) is 5.82 Å². The number of aliphatic hydroxyl groups is 1. The standard InChI is InChI=1S/C10H13BrN2O/c1-7-3-8(11)9(12-4-7)13-5-10(2,14)6-13/h3-4,14H,5-6H2,1-2H3. The number of anilines is 1. The number of rotatable bonds is 1. The molecule has 0 bridgehead atoms. The molecule has 14 heavy (non-hydrogen) atoms. The summed E-state index contributed by atoms with van der Waals surface area (Å²) in [5, 5.41) is 9.61. The lowest BCUT2D eigenvalue weighted by Gasteiger charge is -2.45. The molecule has 0 unspecified atom stereocenters. The van der Waals surface area contributed by atoms with Crippen molar-refractivity contribution in [2.45, 2.75) is 19.4 Å². The Morgan fingerprint density at radius 2 is 2.21 bits per heavy atom. The number of hydrogen-bond acceptors (Lipinski definition) is 3. The summed E-state index contributed by atoms with van der Waals surface area (Å²) in [7, 11) is 0. The molecule has 2 heterocycles. The first-order valence-corrected chi connectivity index (χ1v) is 5.37. The fraction of sp³-hybridized carbons (Fsp3) is 0.500. The molecule has 1 aliphatic rings. The minimum Gasteiger partial charge on any atom is -0.386 e. The number of aryl methyl sites for hydroxylation is 1. The van der Waals surface area contributed by atoms with E-state index in [1.54, 1.807) is 0 Å². The smallest absolute Gasteiger partial charge is 0.143 e. The lowest BCUT2D eigenvalue weighted by Crippen LogP contribution is -2.60. The molecule has 4 heteroatoms. The molecule has 1 N–H and O–H groups in total.